The molecule has 1 unspecified atom stereocenters. The Morgan fingerprint density at radius 2 is 2.30 bits per heavy atom. The Morgan fingerprint density at radius 1 is 1.50 bits per heavy atom. The summed E-state index contributed by atoms with van der Waals surface area (Å²) >= 11 is 1.39. The number of fused-ring (bicyclic) bond motifs is 1. The van der Waals surface area contributed by atoms with E-state index in [1.807, 2.05) is 17.0 Å². The predicted octanol–water partition coefficient (Wildman–Crippen LogP) is 1.65. The Hall–Kier alpha value is -1.66. The largest absolute Gasteiger partial charge is 0.397 e. The van der Waals surface area contributed by atoms with Gasteiger partial charge in [-0.05, 0) is 26.1 Å². The molecule has 0 bridgehead atoms. The molecule has 0 saturated carbocycles. The highest BCUT2D eigenvalue weighted by Gasteiger charge is 2.27. The molecule has 0 radical (unpaired) electrons. The van der Waals surface area contributed by atoms with Crippen LogP contribution in [0.5, 0.6) is 0 Å². The number of likely N-dealkylation sites (N-methyl/N-ethyl adjacent to an activating group) is 1. The Morgan fingerprint density at radius 3 is 3.00 bits per heavy atom. The molecule has 1 atom stereocenters. The Kier molecular flexibility index (Phi) is 3.35. The number of rotatable bonds is 1. The van der Waals surface area contributed by atoms with Crippen LogP contribution in [0.15, 0.2) is 18.3 Å². The van der Waals surface area contributed by atoms with Gasteiger partial charge in [-0.3, -0.25) is 4.79 Å². The lowest BCUT2D eigenvalue weighted by molar-refractivity contribution is 0.0578. The SMILES string of the molecule is CC1CN(C(=O)c2sc3ncccc3c2N)CCN1C. The van der Waals surface area contributed by atoms with Crippen molar-refractivity contribution in [2.24, 2.45) is 0 Å². The first-order chi connectivity index (χ1) is 9.58. The summed E-state index contributed by atoms with van der Waals surface area (Å²) in [6.45, 7) is 4.53. The van der Waals surface area contributed by atoms with Crippen LogP contribution in [0.3, 0.4) is 0 Å². The summed E-state index contributed by atoms with van der Waals surface area (Å²) in [5.41, 5.74) is 6.69. The summed E-state index contributed by atoms with van der Waals surface area (Å²) in [7, 11) is 2.09. The summed E-state index contributed by atoms with van der Waals surface area (Å²) in [5.74, 6) is 0.0328. The van der Waals surface area contributed by atoms with E-state index in [4.69, 9.17) is 5.73 Å². The number of nitrogens with zero attached hydrogens (tertiary/aromatic N) is 3. The topological polar surface area (TPSA) is 62.5 Å². The summed E-state index contributed by atoms with van der Waals surface area (Å²) in [6.07, 6.45) is 1.73. The van der Waals surface area contributed by atoms with E-state index in [1.54, 1.807) is 6.20 Å². The standard InChI is InChI=1S/C14H18N4OS/c1-9-8-18(7-6-17(9)2)14(19)12-11(15)10-4-3-5-16-13(10)20-12/h3-5,9H,6-8,15H2,1-2H3. The zero-order chi connectivity index (χ0) is 14.3. The third kappa shape index (κ3) is 2.14. The van der Waals surface area contributed by atoms with E-state index in [1.165, 1.54) is 11.3 Å². The van der Waals surface area contributed by atoms with E-state index in [0.717, 1.165) is 29.9 Å². The molecule has 1 aliphatic rings. The van der Waals surface area contributed by atoms with Crippen LogP contribution < -0.4 is 5.73 Å². The van der Waals surface area contributed by atoms with E-state index in [2.05, 4.69) is 23.9 Å². The van der Waals surface area contributed by atoms with Crippen molar-refractivity contribution in [1.29, 1.82) is 0 Å². The van der Waals surface area contributed by atoms with Gasteiger partial charge in [-0.25, -0.2) is 4.98 Å². The summed E-state index contributed by atoms with van der Waals surface area (Å²) in [6, 6.07) is 4.14. The van der Waals surface area contributed by atoms with Gasteiger partial charge < -0.3 is 15.5 Å². The molecule has 0 aromatic carbocycles. The number of aromatic nitrogens is 1. The molecule has 3 heterocycles. The number of anilines is 1. The second-order valence-corrected chi connectivity index (χ2v) is 6.28. The van der Waals surface area contributed by atoms with Crippen LogP contribution in [0.1, 0.15) is 16.6 Å². The minimum absolute atomic E-state index is 0.0328. The number of nitrogens with two attached hydrogens (primary N) is 1. The molecule has 6 heteroatoms. The van der Waals surface area contributed by atoms with E-state index < -0.39 is 0 Å². The van der Waals surface area contributed by atoms with E-state index in [9.17, 15) is 4.79 Å². The minimum atomic E-state index is 0.0328. The molecule has 0 aliphatic carbocycles. The molecule has 1 fully saturated rings. The third-order valence-corrected chi connectivity index (χ3v) is 5.06. The van der Waals surface area contributed by atoms with Crippen LogP contribution in [-0.2, 0) is 0 Å². The highest BCUT2D eigenvalue weighted by atomic mass is 32.1. The smallest absolute Gasteiger partial charge is 0.266 e. The first kappa shape index (κ1) is 13.3. The van der Waals surface area contributed by atoms with Crippen LogP contribution in [0.4, 0.5) is 5.69 Å². The predicted molar refractivity (Wildman–Crippen MR) is 82.0 cm³/mol. The summed E-state index contributed by atoms with van der Waals surface area (Å²) in [4.78, 5) is 22.5. The van der Waals surface area contributed by atoms with Gasteiger partial charge in [0.2, 0.25) is 0 Å². The number of thiophene rings is 1. The van der Waals surface area contributed by atoms with Crippen molar-refractivity contribution in [2.75, 3.05) is 32.4 Å². The molecule has 20 heavy (non-hydrogen) atoms. The molecule has 1 aliphatic heterocycles. The molecule has 106 valence electrons. The van der Waals surface area contributed by atoms with Crippen LogP contribution in [0.25, 0.3) is 10.2 Å². The number of hydrogen-bond donors (Lipinski definition) is 1. The molecule has 3 rings (SSSR count). The van der Waals surface area contributed by atoms with Gasteiger partial charge in [0.25, 0.3) is 5.91 Å². The average molecular weight is 290 g/mol. The summed E-state index contributed by atoms with van der Waals surface area (Å²) in [5, 5.41) is 0.878. The number of amides is 1. The van der Waals surface area contributed by atoms with E-state index >= 15 is 0 Å². The number of piperazine rings is 1. The number of nitrogen functional groups attached to an aromatic ring is 1. The van der Waals surface area contributed by atoms with Gasteiger partial charge in [0.1, 0.15) is 9.71 Å². The van der Waals surface area contributed by atoms with Crippen LogP contribution in [0, 0.1) is 0 Å². The second-order valence-electron chi connectivity index (χ2n) is 5.28. The Labute approximate surface area is 122 Å². The van der Waals surface area contributed by atoms with Gasteiger partial charge in [-0.2, -0.15) is 0 Å². The first-order valence-corrected chi connectivity index (χ1v) is 7.52. The molecule has 1 amide bonds. The molecule has 1 saturated heterocycles. The maximum Gasteiger partial charge on any atom is 0.266 e. The van der Waals surface area contributed by atoms with Crippen molar-refractivity contribution in [3.05, 3.63) is 23.2 Å². The van der Waals surface area contributed by atoms with Gasteiger partial charge in [0.05, 0.1) is 5.69 Å². The molecule has 2 aromatic heterocycles. The molecule has 2 aromatic rings. The van der Waals surface area contributed by atoms with Crippen molar-refractivity contribution in [3.8, 4) is 0 Å². The highest BCUT2D eigenvalue weighted by molar-refractivity contribution is 7.21. The minimum Gasteiger partial charge on any atom is -0.397 e. The van der Waals surface area contributed by atoms with Gasteiger partial charge in [0, 0.05) is 37.3 Å². The molecule has 2 N–H and O–H groups in total. The van der Waals surface area contributed by atoms with E-state index in [-0.39, 0.29) is 5.91 Å². The second kappa shape index (κ2) is 5.03. The molecular weight excluding hydrogens is 272 g/mol. The zero-order valence-corrected chi connectivity index (χ0v) is 12.5. The number of carbonyl (C=O) groups excluding carboxylic acids is 1. The molecule has 0 spiro atoms. The van der Waals surface area contributed by atoms with Crippen LogP contribution >= 0.6 is 11.3 Å². The van der Waals surface area contributed by atoms with Crippen molar-refractivity contribution in [2.45, 2.75) is 13.0 Å². The summed E-state index contributed by atoms with van der Waals surface area (Å²) < 4.78 is 0. The monoisotopic (exact) mass is 290 g/mol. The fourth-order valence-corrected chi connectivity index (χ4v) is 3.52. The van der Waals surface area contributed by atoms with Crippen molar-refractivity contribution >= 4 is 33.1 Å². The maximum atomic E-state index is 12.7. The van der Waals surface area contributed by atoms with Crippen molar-refractivity contribution in [1.82, 2.24) is 14.8 Å². The van der Waals surface area contributed by atoms with Gasteiger partial charge in [0.15, 0.2) is 0 Å². The van der Waals surface area contributed by atoms with Crippen LogP contribution in [-0.4, -0.2) is 53.4 Å². The van der Waals surface area contributed by atoms with Crippen molar-refractivity contribution < 1.29 is 4.79 Å². The zero-order valence-electron chi connectivity index (χ0n) is 11.7. The number of carbonyl (C=O) groups is 1. The fourth-order valence-electron chi connectivity index (χ4n) is 2.49. The number of pyridine rings is 1. The average Bonchev–Trinajstić information content (AvgIpc) is 2.79. The number of hydrogen-bond acceptors (Lipinski definition) is 5. The highest BCUT2D eigenvalue weighted by Crippen LogP contribution is 2.33. The Balaban J connectivity index is 1.91. The molecule has 5 nitrogen and oxygen atoms in total. The Bertz CT molecular complexity index is 654. The van der Waals surface area contributed by atoms with Crippen LogP contribution in [0.2, 0.25) is 0 Å². The van der Waals surface area contributed by atoms with Gasteiger partial charge in [-0.1, -0.05) is 0 Å². The van der Waals surface area contributed by atoms with Crippen molar-refractivity contribution in [3.63, 3.8) is 0 Å². The lowest BCUT2D eigenvalue weighted by Crippen LogP contribution is -2.51. The normalized spacial score (nSPS) is 20.5. The lowest BCUT2D eigenvalue weighted by atomic mass is 10.2. The first-order valence-electron chi connectivity index (χ1n) is 6.70. The quantitative estimate of drug-likeness (QED) is 0.867. The third-order valence-electron chi connectivity index (χ3n) is 3.95. The fraction of sp³-hybridized carbons (Fsp3) is 0.429. The lowest BCUT2D eigenvalue weighted by Gasteiger charge is -2.37. The molecular formula is C14H18N4OS. The van der Waals surface area contributed by atoms with E-state index in [0.29, 0.717) is 16.6 Å². The van der Waals surface area contributed by atoms with Gasteiger partial charge in [-0.15, -0.1) is 11.3 Å². The van der Waals surface area contributed by atoms with Gasteiger partial charge >= 0.3 is 0 Å². The maximum absolute atomic E-state index is 12.7.